The standard InChI is InChI=1S/C17H17NO6/c1-11(19)24-14-7-5-12(10-13(14)17(22)23-2)6-8-16(21)18-9-3-4-15(18)20/h5-8,10H,3-4,9H2,1-2H3/b8-6+. The molecule has 1 aliphatic rings. The highest BCUT2D eigenvalue weighted by Crippen LogP contribution is 2.22. The lowest BCUT2D eigenvalue weighted by molar-refractivity contribution is -0.138. The van der Waals surface area contributed by atoms with Crippen LogP contribution in [0.5, 0.6) is 5.75 Å². The maximum Gasteiger partial charge on any atom is 0.341 e. The lowest BCUT2D eigenvalue weighted by Gasteiger charge is -2.10. The van der Waals surface area contributed by atoms with Crippen molar-refractivity contribution in [2.45, 2.75) is 19.8 Å². The first-order valence-electron chi connectivity index (χ1n) is 7.35. The van der Waals surface area contributed by atoms with Gasteiger partial charge in [0.2, 0.25) is 5.91 Å². The van der Waals surface area contributed by atoms with E-state index in [4.69, 9.17) is 4.74 Å². The molecule has 0 aliphatic carbocycles. The lowest BCUT2D eigenvalue weighted by atomic mass is 10.1. The van der Waals surface area contributed by atoms with Crippen LogP contribution in [0.1, 0.15) is 35.7 Å². The third kappa shape index (κ3) is 4.07. The van der Waals surface area contributed by atoms with Gasteiger partial charge in [0.15, 0.2) is 0 Å². The Morgan fingerprint density at radius 1 is 1.25 bits per heavy atom. The summed E-state index contributed by atoms with van der Waals surface area (Å²) in [5.74, 6) is -1.74. The molecule has 0 radical (unpaired) electrons. The maximum atomic E-state index is 12.0. The van der Waals surface area contributed by atoms with Crippen molar-refractivity contribution in [3.05, 3.63) is 35.4 Å². The molecule has 7 heteroatoms. The summed E-state index contributed by atoms with van der Waals surface area (Å²) >= 11 is 0. The number of methoxy groups -OCH3 is 1. The number of imide groups is 1. The number of ether oxygens (including phenoxy) is 2. The van der Waals surface area contributed by atoms with Crippen LogP contribution in [0.3, 0.4) is 0 Å². The van der Waals surface area contributed by atoms with E-state index in [1.807, 2.05) is 0 Å². The van der Waals surface area contributed by atoms with Crippen LogP contribution in [0.25, 0.3) is 6.08 Å². The number of carbonyl (C=O) groups is 4. The molecule has 0 aromatic heterocycles. The average molecular weight is 331 g/mol. The average Bonchev–Trinajstić information content (AvgIpc) is 2.98. The molecule has 2 amide bonds. The Morgan fingerprint density at radius 3 is 2.58 bits per heavy atom. The molecule has 1 fully saturated rings. The van der Waals surface area contributed by atoms with Crippen molar-refractivity contribution in [2.75, 3.05) is 13.7 Å². The van der Waals surface area contributed by atoms with Gasteiger partial charge in [-0.15, -0.1) is 0 Å². The third-order valence-electron chi connectivity index (χ3n) is 3.42. The molecule has 0 N–H and O–H groups in total. The van der Waals surface area contributed by atoms with E-state index >= 15 is 0 Å². The predicted octanol–water partition coefficient (Wildman–Crippen LogP) is 1.56. The summed E-state index contributed by atoms with van der Waals surface area (Å²) in [4.78, 5) is 47.6. The molecule has 1 aliphatic heterocycles. The van der Waals surface area contributed by atoms with Crippen LogP contribution in [-0.2, 0) is 19.1 Å². The first-order chi connectivity index (χ1) is 11.4. The molecular formula is C17H17NO6. The summed E-state index contributed by atoms with van der Waals surface area (Å²) < 4.78 is 9.62. The van der Waals surface area contributed by atoms with E-state index in [-0.39, 0.29) is 17.2 Å². The SMILES string of the molecule is COC(=O)c1cc(/C=C/C(=O)N2CCCC2=O)ccc1OC(C)=O. The number of amides is 2. The smallest absolute Gasteiger partial charge is 0.341 e. The summed E-state index contributed by atoms with van der Waals surface area (Å²) in [5, 5.41) is 0. The fourth-order valence-corrected chi connectivity index (χ4v) is 2.30. The van der Waals surface area contributed by atoms with Gasteiger partial charge in [-0.3, -0.25) is 19.3 Å². The molecule has 0 spiro atoms. The monoisotopic (exact) mass is 331 g/mol. The third-order valence-corrected chi connectivity index (χ3v) is 3.42. The molecule has 1 saturated heterocycles. The van der Waals surface area contributed by atoms with Crippen LogP contribution in [0.4, 0.5) is 0 Å². The second-order valence-electron chi connectivity index (χ2n) is 5.16. The van der Waals surface area contributed by atoms with Crippen molar-refractivity contribution >= 4 is 29.8 Å². The molecule has 0 saturated carbocycles. The van der Waals surface area contributed by atoms with Gasteiger partial charge in [-0.1, -0.05) is 6.07 Å². The van der Waals surface area contributed by atoms with Gasteiger partial charge in [-0.05, 0) is 30.2 Å². The number of nitrogens with zero attached hydrogens (tertiary/aromatic N) is 1. The fraction of sp³-hybridized carbons (Fsp3) is 0.294. The minimum Gasteiger partial charge on any atom is -0.465 e. The molecule has 0 bridgehead atoms. The van der Waals surface area contributed by atoms with Gasteiger partial charge in [0, 0.05) is 26.0 Å². The van der Waals surface area contributed by atoms with Gasteiger partial charge in [-0.2, -0.15) is 0 Å². The first kappa shape index (κ1) is 17.4. The highest BCUT2D eigenvalue weighted by Gasteiger charge is 2.24. The molecule has 1 aromatic carbocycles. The van der Waals surface area contributed by atoms with Gasteiger partial charge < -0.3 is 9.47 Å². The van der Waals surface area contributed by atoms with Crippen LogP contribution < -0.4 is 4.74 Å². The molecule has 7 nitrogen and oxygen atoms in total. The summed E-state index contributed by atoms with van der Waals surface area (Å²) in [5.41, 5.74) is 0.603. The zero-order chi connectivity index (χ0) is 17.7. The summed E-state index contributed by atoms with van der Waals surface area (Å²) in [7, 11) is 1.21. The number of hydrogen-bond donors (Lipinski definition) is 0. The number of benzene rings is 1. The molecule has 126 valence electrons. The van der Waals surface area contributed by atoms with Gasteiger partial charge in [0.25, 0.3) is 5.91 Å². The molecule has 1 heterocycles. The largest absolute Gasteiger partial charge is 0.465 e. The molecule has 0 atom stereocenters. The Bertz CT molecular complexity index is 722. The highest BCUT2D eigenvalue weighted by atomic mass is 16.5. The van der Waals surface area contributed by atoms with E-state index in [2.05, 4.69) is 4.74 Å². The lowest BCUT2D eigenvalue weighted by Crippen LogP contribution is -2.30. The summed E-state index contributed by atoms with van der Waals surface area (Å²) in [6.07, 6.45) is 3.80. The molecule has 2 rings (SSSR count). The second kappa shape index (κ2) is 7.54. The number of esters is 2. The molecule has 24 heavy (non-hydrogen) atoms. The topological polar surface area (TPSA) is 90.0 Å². The second-order valence-corrected chi connectivity index (χ2v) is 5.16. The Kier molecular flexibility index (Phi) is 5.47. The first-order valence-corrected chi connectivity index (χ1v) is 7.35. The van der Waals surface area contributed by atoms with E-state index in [1.165, 1.54) is 43.2 Å². The fourth-order valence-electron chi connectivity index (χ4n) is 2.30. The van der Waals surface area contributed by atoms with Crippen molar-refractivity contribution in [3.8, 4) is 5.75 Å². The van der Waals surface area contributed by atoms with E-state index in [1.54, 1.807) is 6.07 Å². The maximum absolute atomic E-state index is 12.0. The van der Waals surface area contributed by atoms with Crippen LogP contribution in [0.2, 0.25) is 0 Å². The van der Waals surface area contributed by atoms with Crippen molar-refractivity contribution in [3.63, 3.8) is 0 Å². The molecule has 0 unspecified atom stereocenters. The summed E-state index contributed by atoms with van der Waals surface area (Å²) in [6.45, 7) is 1.64. The van der Waals surface area contributed by atoms with Crippen LogP contribution in [-0.4, -0.2) is 42.3 Å². The Labute approximate surface area is 138 Å². The van der Waals surface area contributed by atoms with Crippen LogP contribution >= 0.6 is 0 Å². The molecular weight excluding hydrogens is 314 g/mol. The van der Waals surface area contributed by atoms with Crippen LogP contribution in [0.15, 0.2) is 24.3 Å². The van der Waals surface area contributed by atoms with Gasteiger partial charge in [0.1, 0.15) is 11.3 Å². The van der Waals surface area contributed by atoms with Gasteiger partial charge in [0.05, 0.1) is 7.11 Å². The van der Waals surface area contributed by atoms with Crippen LogP contribution in [0, 0.1) is 0 Å². The number of likely N-dealkylation sites (tertiary alicyclic amines) is 1. The molecule has 1 aromatic rings. The van der Waals surface area contributed by atoms with E-state index in [0.29, 0.717) is 24.9 Å². The Balaban J connectivity index is 2.22. The van der Waals surface area contributed by atoms with Crippen molar-refractivity contribution < 1.29 is 28.7 Å². The van der Waals surface area contributed by atoms with E-state index in [9.17, 15) is 19.2 Å². The predicted molar refractivity (Wildman–Crippen MR) is 84.1 cm³/mol. The number of carbonyl (C=O) groups excluding carboxylic acids is 4. The van der Waals surface area contributed by atoms with E-state index in [0.717, 1.165) is 0 Å². The van der Waals surface area contributed by atoms with Crippen molar-refractivity contribution in [2.24, 2.45) is 0 Å². The quantitative estimate of drug-likeness (QED) is 0.472. The number of rotatable bonds is 4. The minimum absolute atomic E-state index is 0.0690. The van der Waals surface area contributed by atoms with Gasteiger partial charge >= 0.3 is 11.9 Å². The zero-order valence-corrected chi connectivity index (χ0v) is 13.4. The summed E-state index contributed by atoms with van der Waals surface area (Å²) in [6, 6.07) is 4.47. The normalized spacial score (nSPS) is 14.1. The zero-order valence-electron chi connectivity index (χ0n) is 13.4. The number of hydrogen-bond acceptors (Lipinski definition) is 6. The Morgan fingerprint density at radius 2 is 2.00 bits per heavy atom. The minimum atomic E-state index is -0.664. The highest BCUT2D eigenvalue weighted by molar-refractivity contribution is 6.04. The van der Waals surface area contributed by atoms with Crippen molar-refractivity contribution in [1.82, 2.24) is 4.90 Å². The van der Waals surface area contributed by atoms with Gasteiger partial charge in [-0.25, -0.2) is 4.79 Å². The van der Waals surface area contributed by atoms with Crippen molar-refractivity contribution in [1.29, 1.82) is 0 Å². The van der Waals surface area contributed by atoms with E-state index < -0.39 is 17.8 Å². The Hall–Kier alpha value is -2.96.